The molecule has 1 aliphatic rings. The fraction of sp³-hybridized carbons (Fsp3) is 0.462. The van der Waals surface area contributed by atoms with Crippen LogP contribution < -0.4 is 5.73 Å². The second-order valence-corrected chi connectivity index (χ2v) is 7.79. The van der Waals surface area contributed by atoms with Gasteiger partial charge in [0.2, 0.25) is 10.0 Å². The number of sulfonamides is 1. The van der Waals surface area contributed by atoms with Gasteiger partial charge in [-0.25, -0.2) is 8.42 Å². The second kappa shape index (κ2) is 6.58. The molecule has 3 N–H and O–H groups in total. The summed E-state index contributed by atoms with van der Waals surface area (Å²) in [4.78, 5) is 0.154. The van der Waals surface area contributed by atoms with Crippen LogP contribution in [0.25, 0.3) is 0 Å². The van der Waals surface area contributed by atoms with Crippen molar-refractivity contribution in [1.82, 2.24) is 4.31 Å². The molecule has 1 atom stereocenters. The van der Waals surface area contributed by atoms with Crippen LogP contribution in [-0.2, 0) is 10.0 Å². The highest BCUT2D eigenvalue weighted by Crippen LogP contribution is 2.30. The topological polar surface area (TPSA) is 83.6 Å². The standard InChI is InChI=1S/C13H17ClN2O3S2/c14-11-2-1-10(13(15)20)7-12(11)21(18,19)16-5-3-9(8-16)4-6-17/h1-2,7,9,17H,3-6,8H2,(H2,15,20). The number of thiocarbonyl (C=S) groups is 1. The molecule has 116 valence electrons. The van der Waals surface area contributed by atoms with Crippen molar-refractivity contribution < 1.29 is 13.5 Å². The number of aliphatic hydroxyl groups is 1. The smallest absolute Gasteiger partial charge is 0.244 e. The zero-order valence-electron chi connectivity index (χ0n) is 11.3. The van der Waals surface area contributed by atoms with Crippen molar-refractivity contribution >= 4 is 38.8 Å². The largest absolute Gasteiger partial charge is 0.396 e. The van der Waals surface area contributed by atoms with Gasteiger partial charge in [0.25, 0.3) is 0 Å². The highest BCUT2D eigenvalue weighted by molar-refractivity contribution is 7.89. The Labute approximate surface area is 134 Å². The molecule has 0 amide bonds. The van der Waals surface area contributed by atoms with Gasteiger partial charge < -0.3 is 10.8 Å². The summed E-state index contributed by atoms with van der Waals surface area (Å²) >= 11 is 10.9. The van der Waals surface area contributed by atoms with E-state index in [9.17, 15) is 8.42 Å². The van der Waals surface area contributed by atoms with Gasteiger partial charge in [0.15, 0.2) is 0 Å². The van der Waals surface area contributed by atoms with Crippen molar-refractivity contribution in [3.05, 3.63) is 28.8 Å². The highest BCUT2D eigenvalue weighted by Gasteiger charge is 2.33. The Morgan fingerprint density at radius 1 is 1.52 bits per heavy atom. The van der Waals surface area contributed by atoms with E-state index in [4.69, 9.17) is 34.7 Å². The van der Waals surface area contributed by atoms with Gasteiger partial charge in [-0.2, -0.15) is 4.31 Å². The monoisotopic (exact) mass is 348 g/mol. The molecule has 1 aromatic carbocycles. The predicted molar refractivity (Wildman–Crippen MR) is 85.9 cm³/mol. The maximum atomic E-state index is 12.7. The zero-order valence-corrected chi connectivity index (χ0v) is 13.7. The quantitative estimate of drug-likeness (QED) is 0.785. The van der Waals surface area contributed by atoms with Crippen molar-refractivity contribution in [2.45, 2.75) is 17.7 Å². The number of benzene rings is 1. The molecule has 0 bridgehead atoms. The third-order valence-corrected chi connectivity index (χ3v) is 6.20. The molecule has 1 saturated heterocycles. The minimum absolute atomic E-state index is 0.0270. The van der Waals surface area contributed by atoms with E-state index in [1.807, 2.05) is 0 Å². The van der Waals surface area contributed by atoms with E-state index in [-0.39, 0.29) is 27.4 Å². The summed E-state index contributed by atoms with van der Waals surface area (Å²) in [5.41, 5.74) is 6.01. The number of halogens is 1. The number of hydrogen-bond donors (Lipinski definition) is 2. The maximum Gasteiger partial charge on any atom is 0.244 e. The first-order valence-electron chi connectivity index (χ1n) is 6.56. The highest BCUT2D eigenvalue weighted by atomic mass is 35.5. The fourth-order valence-corrected chi connectivity index (χ4v) is 4.59. The van der Waals surface area contributed by atoms with E-state index in [2.05, 4.69) is 0 Å². The lowest BCUT2D eigenvalue weighted by atomic mass is 10.1. The number of aliphatic hydroxyl groups excluding tert-OH is 1. The summed E-state index contributed by atoms with van der Waals surface area (Å²) < 4.78 is 26.8. The molecule has 1 heterocycles. The third kappa shape index (κ3) is 3.54. The molecular weight excluding hydrogens is 332 g/mol. The Balaban J connectivity index is 2.32. The average Bonchev–Trinajstić information content (AvgIpc) is 2.88. The first-order chi connectivity index (χ1) is 9.86. The summed E-state index contributed by atoms with van der Waals surface area (Å²) in [5.74, 6) is 0.183. The van der Waals surface area contributed by atoms with Gasteiger partial charge in [-0.15, -0.1) is 0 Å². The molecule has 5 nitrogen and oxygen atoms in total. The minimum Gasteiger partial charge on any atom is -0.396 e. The average molecular weight is 349 g/mol. The number of rotatable bonds is 5. The van der Waals surface area contributed by atoms with Crippen LogP contribution in [-0.4, -0.2) is 42.5 Å². The van der Waals surface area contributed by atoms with Crippen molar-refractivity contribution in [2.75, 3.05) is 19.7 Å². The van der Waals surface area contributed by atoms with Crippen LogP contribution in [0.2, 0.25) is 5.02 Å². The van der Waals surface area contributed by atoms with E-state index < -0.39 is 10.0 Å². The number of hydrogen-bond acceptors (Lipinski definition) is 4. The lowest BCUT2D eigenvalue weighted by molar-refractivity contribution is 0.259. The summed E-state index contributed by atoms with van der Waals surface area (Å²) in [6.45, 7) is 0.896. The van der Waals surface area contributed by atoms with Crippen LogP contribution in [0.3, 0.4) is 0 Å². The van der Waals surface area contributed by atoms with Crippen LogP contribution in [0, 0.1) is 5.92 Å². The Kier molecular flexibility index (Phi) is 5.21. The van der Waals surface area contributed by atoms with Gasteiger partial charge >= 0.3 is 0 Å². The Morgan fingerprint density at radius 3 is 2.86 bits per heavy atom. The Morgan fingerprint density at radius 2 is 2.24 bits per heavy atom. The summed E-state index contributed by atoms with van der Waals surface area (Å²) in [6.07, 6.45) is 1.35. The molecule has 21 heavy (non-hydrogen) atoms. The Hall–Kier alpha value is -0.730. The normalized spacial score (nSPS) is 19.8. The molecule has 2 rings (SSSR count). The van der Waals surface area contributed by atoms with Gasteiger partial charge in [-0.05, 0) is 30.9 Å². The van der Waals surface area contributed by atoms with Crippen LogP contribution in [0.15, 0.2) is 23.1 Å². The minimum atomic E-state index is -3.67. The van der Waals surface area contributed by atoms with Gasteiger partial charge in [0.1, 0.15) is 9.88 Å². The van der Waals surface area contributed by atoms with E-state index in [0.29, 0.717) is 25.1 Å². The predicted octanol–water partition coefficient (Wildman–Crippen LogP) is 1.37. The summed E-state index contributed by atoms with van der Waals surface area (Å²) in [6, 6.07) is 4.51. The van der Waals surface area contributed by atoms with Gasteiger partial charge in [0, 0.05) is 25.3 Å². The lowest BCUT2D eigenvalue weighted by Gasteiger charge is -2.18. The molecule has 0 aliphatic carbocycles. The third-order valence-electron chi connectivity index (χ3n) is 3.62. The van der Waals surface area contributed by atoms with Crippen molar-refractivity contribution in [1.29, 1.82) is 0 Å². The van der Waals surface area contributed by atoms with E-state index >= 15 is 0 Å². The van der Waals surface area contributed by atoms with Gasteiger partial charge in [0.05, 0.1) is 5.02 Å². The van der Waals surface area contributed by atoms with Crippen LogP contribution in [0.1, 0.15) is 18.4 Å². The molecule has 0 spiro atoms. The summed E-state index contributed by atoms with van der Waals surface area (Å²) in [7, 11) is -3.67. The first kappa shape index (κ1) is 16.6. The van der Waals surface area contributed by atoms with Crippen LogP contribution in [0.4, 0.5) is 0 Å². The molecule has 0 radical (unpaired) electrons. The Bertz CT molecular complexity index is 649. The molecule has 8 heteroatoms. The molecule has 1 aliphatic heterocycles. The van der Waals surface area contributed by atoms with Gasteiger partial charge in [-0.3, -0.25) is 0 Å². The maximum absolute atomic E-state index is 12.7. The van der Waals surface area contributed by atoms with Gasteiger partial charge in [-0.1, -0.05) is 29.9 Å². The fourth-order valence-electron chi connectivity index (χ4n) is 2.43. The summed E-state index contributed by atoms with van der Waals surface area (Å²) in [5, 5.41) is 9.11. The molecule has 0 saturated carbocycles. The molecular formula is C13H17ClN2O3S2. The molecule has 0 aromatic heterocycles. The SMILES string of the molecule is NC(=S)c1ccc(Cl)c(S(=O)(=O)N2CCC(CCO)C2)c1. The molecule has 1 fully saturated rings. The van der Waals surface area contributed by atoms with E-state index in [1.54, 1.807) is 6.07 Å². The molecule has 1 unspecified atom stereocenters. The van der Waals surface area contributed by atoms with E-state index in [0.717, 1.165) is 6.42 Å². The van der Waals surface area contributed by atoms with Crippen LogP contribution in [0.5, 0.6) is 0 Å². The van der Waals surface area contributed by atoms with Crippen molar-refractivity contribution in [3.63, 3.8) is 0 Å². The van der Waals surface area contributed by atoms with Crippen LogP contribution >= 0.6 is 23.8 Å². The molecule has 1 aromatic rings. The van der Waals surface area contributed by atoms with Crippen molar-refractivity contribution in [3.8, 4) is 0 Å². The van der Waals surface area contributed by atoms with E-state index in [1.165, 1.54) is 16.4 Å². The zero-order chi connectivity index (χ0) is 15.6. The second-order valence-electron chi connectivity index (χ2n) is 5.04. The number of nitrogens with two attached hydrogens (primary N) is 1. The lowest BCUT2D eigenvalue weighted by Crippen LogP contribution is -2.29. The number of nitrogens with zero attached hydrogens (tertiary/aromatic N) is 1. The first-order valence-corrected chi connectivity index (χ1v) is 8.79. The van der Waals surface area contributed by atoms with Crippen molar-refractivity contribution in [2.24, 2.45) is 11.7 Å².